The number of nitrogens with zero attached hydrogens (tertiary/aromatic N) is 1. The van der Waals surface area contributed by atoms with E-state index in [4.69, 9.17) is 8.76 Å². The van der Waals surface area contributed by atoms with E-state index in [1.165, 1.54) is 24.3 Å². The second-order valence-electron chi connectivity index (χ2n) is 4.64. The third kappa shape index (κ3) is 5.37. The highest BCUT2D eigenvalue weighted by atomic mass is 32.2. The Hall–Kier alpha value is -2.42. The van der Waals surface area contributed by atoms with Crippen LogP contribution in [0, 0.1) is 24.0 Å². The van der Waals surface area contributed by atoms with Crippen LogP contribution < -0.4 is 5.14 Å². The van der Waals surface area contributed by atoms with Crippen LogP contribution >= 0.6 is 0 Å². The molecule has 122 valence electrons. The van der Waals surface area contributed by atoms with E-state index < -0.39 is 16.2 Å². The number of benzene rings is 2. The van der Waals surface area contributed by atoms with Crippen LogP contribution in [-0.2, 0) is 11.3 Å². The zero-order valence-corrected chi connectivity index (χ0v) is 13.3. The van der Waals surface area contributed by atoms with E-state index in [0.717, 1.165) is 11.1 Å². The molecule has 1 unspecified atom stereocenters. The predicted molar refractivity (Wildman–Crippen MR) is 85.6 cm³/mol. The first-order valence-corrected chi connectivity index (χ1v) is 7.57. The normalized spacial score (nSPS) is 11.1. The molecule has 23 heavy (non-hydrogen) atoms. The molecule has 0 saturated carbocycles. The average molecular weight is 335 g/mol. The van der Waals surface area contributed by atoms with Gasteiger partial charge < -0.3 is 4.55 Å². The number of hydrogen-bond acceptors (Lipinski definition) is 5. The Balaban J connectivity index is 0.000000593. The SMILES string of the molecule is Cc1cccc(C(=O)c2ccc([N+](=O)[O-])cc2)c1C.NS(=O)[O-]. The number of rotatable bonds is 3. The first-order chi connectivity index (χ1) is 10.7. The molecule has 0 bridgehead atoms. The summed E-state index contributed by atoms with van der Waals surface area (Å²) >= 11 is -2.36. The molecule has 2 rings (SSSR count). The van der Waals surface area contributed by atoms with Gasteiger partial charge in [-0.2, -0.15) is 0 Å². The van der Waals surface area contributed by atoms with Gasteiger partial charge in [0.15, 0.2) is 5.78 Å². The van der Waals surface area contributed by atoms with Crippen molar-refractivity contribution >= 4 is 22.7 Å². The maximum absolute atomic E-state index is 12.3. The van der Waals surface area contributed by atoms with E-state index in [0.29, 0.717) is 11.1 Å². The van der Waals surface area contributed by atoms with Crippen molar-refractivity contribution in [3.8, 4) is 0 Å². The molecule has 0 aromatic heterocycles. The third-order valence-corrected chi connectivity index (χ3v) is 3.19. The van der Waals surface area contributed by atoms with Gasteiger partial charge in [-0.05, 0) is 37.1 Å². The van der Waals surface area contributed by atoms with Gasteiger partial charge >= 0.3 is 0 Å². The summed E-state index contributed by atoms with van der Waals surface area (Å²) in [5.41, 5.74) is 3.06. The van der Waals surface area contributed by atoms with Crippen molar-refractivity contribution in [2.45, 2.75) is 13.8 Å². The van der Waals surface area contributed by atoms with Gasteiger partial charge in [-0.25, -0.2) is 0 Å². The third-order valence-electron chi connectivity index (χ3n) is 3.19. The van der Waals surface area contributed by atoms with Crippen molar-refractivity contribution < 1.29 is 18.5 Å². The lowest BCUT2D eigenvalue weighted by Crippen LogP contribution is -2.04. The highest BCUT2D eigenvalue weighted by Crippen LogP contribution is 2.19. The van der Waals surface area contributed by atoms with E-state index in [9.17, 15) is 14.9 Å². The van der Waals surface area contributed by atoms with Crippen LogP contribution in [0.1, 0.15) is 27.0 Å². The zero-order chi connectivity index (χ0) is 17.6. The summed E-state index contributed by atoms with van der Waals surface area (Å²) in [6.07, 6.45) is 0. The van der Waals surface area contributed by atoms with Crippen molar-refractivity contribution in [1.29, 1.82) is 0 Å². The van der Waals surface area contributed by atoms with Crippen LogP contribution in [-0.4, -0.2) is 19.5 Å². The van der Waals surface area contributed by atoms with Gasteiger partial charge in [0.25, 0.3) is 5.69 Å². The second kappa shape index (κ2) is 8.28. The van der Waals surface area contributed by atoms with Gasteiger partial charge in [0, 0.05) is 34.5 Å². The Morgan fingerprint density at radius 3 is 2.13 bits per heavy atom. The summed E-state index contributed by atoms with van der Waals surface area (Å²) in [6.45, 7) is 3.84. The molecule has 1 atom stereocenters. The van der Waals surface area contributed by atoms with E-state index in [-0.39, 0.29) is 11.5 Å². The monoisotopic (exact) mass is 335 g/mol. The van der Waals surface area contributed by atoms with Gasteiger partial charge in [0.05, 0.1) is 4.92 Å². The van der Waals surface area contributed by atoms with Gasteiger partial charge in [-0.15, -0.1) is 0 Å². The molecule has 0 aliphatic rings. The molecule has 0 radical (unpaired) electrons. The van der Waals surface area contributed by atoms with Gasteiger partial charge in [-0.3, -0.25) is 24.3 Å². The number of non-ortho nitro benzene ring substituents is 1. The van der Waals surface area contributed by atoms with Gasteiger partial charge in [0.1, 0.15) is 0 Å². The number of nitro groups is 1. The topological polar surface area (TPSA) is 126 Å². The van der Waals surface area contributed by atoms with Crippen molar-refractivity contribution in [3.05, 3.63) is 74.8 Å². The molecular weight excluding hydrogens is 320 g/mol. The van der Waals surface area contributed by atoms with Crippen molar-refractivity contribution in [2.24, 2.45) is 5.14 Å². The van der Waals surface area contributed by atoms with E-state index in [1.807, 2.05) is 26.0 Å². The van der Waals surface area contributed by atoms with E-state index >= 15 is 0 Å². The molecule has 0 amide bonds. The largest absolute Gasteiger partial charge is 0.760 e. The molecule has 0 heterocycles. The summed E-state index contributed by atoms with van der Waals surface area (Å²) < 4.78 is 17.6. The molecule has 0 spiro atoms. The Morgan fingerprint density at radius 1 is 1.13 bits per heavy atom. The van der Waals surface area contributed by atoms with E-state index in [1.54, 1.807) is 6.07 Å². The minimum absolute atomic E-state index is 0.0162. The lowest BCUT2D eigenvalue weighted by Gasteiger charge is -2.07. The van der Waals surface area contributed by atoms with Crippen LogP contribution in [0.4, 0.5) is 5.69 Å². The Bertz CT molecular complexity index is 740. The molecule has 0 fully saturated rings. The Kier molecular flexibility index (Phi) is 6.70. The highest BCUT2D eigenvalue weighted by Gasteiger charge is 2.14. The van der Waals surface area contributed by atoms with Crippen molar-refractivity contribution in [1.82, 2.24) is 0 Å². The molecule has 8 heteroatoms. The molecule has 0 aliphatic carbocycles. The number of carbonyl (C=O) groups is 1. The number of ketones is 1. The van der Waals surface area contributed by atoms with Crippen molar-refractivity contribution in [2.75, 3.05) is 0 Å². The van der Waals surface area contributed by atoms with E-state index in [2.05, 4.69) is 5.14 Å². The second-order valence-corrected chi connectivity index (χ2v) is 5.16. The summed E-state index contributed by atoms with van der Waals surface area (Å²) in [6, 6.07) is 11.2. The van der Waals surface area contributed by atoms with Gasteiger partial charge in [-0.1, -0.05) is 18.2 Å². The minimum Gasteiger partial charge on any atom is -0.760 e. The quantitative estimate of drug-likeness (QED) is 0.398. The summed E-state index contributed by atoms with van der Waals surface area (Å²) in [4.78, 5) is 22.4. The number of hydrogen-bond donors (Lipinski definition) is 1. The first kappa shape index (κ1) is 18.6. The predicted octanol–water partition coefficient (Wildman–Crippen LogP) is 2.18. The summed E-state index contributed by atoms with van der Waals surface area (Å²) in [5.74, 6) is -0.115. The minimum atomic E-state index is -2.36. The fraction of sp³-hybridized carbons (Fsp3) is 0.133. The lowest BCUT2D eigenvalue weighted by atomic mass is 9.96. The van der Waals surface area contributed by atoms with Crippen LogP contribution in [0.5, 0.6) is 0 Å². The molecule has 0 saturated heterocycles. The smallest absolute Gasteiger partial charge is 0.269 e. The Morgan fingerprint density at radius 2 is 1.65 bits per heavy atom. The van der Waals surface area contributed by atoms with Crippen LogP contribution in [0.2, 0.25) is 0 Å². The van der Waals surface area contributed by atoms with Crippen LogP contribution in [0.15, 0.2) is 42.5 Å². The lowest BCUT2D eigenvalue weighted by molar-refractivity contribution is -0.384. The highest BCUT2D eigenvalue weighted by molar-refractivity contribution is 7.76. The standard InChI is InChI=1S/C15H13NO3.H3NO2S/c1-10-4-3-5-14(11(10)2)15(17)12-6-8-13(9-7-12)16(18)19;1-4(2)3/h3-9H,1-2H3;1H2,(H,2,3)/p-1. The zero-order valence-electron chi connectivity index (χ0n) is 12.5. The fourth-order valence-corrected chi connectivity index (χ4v) is 1.89. The number of nitrogens with two attached hydrogens (primary N) is 1. The summed E-state index contributed by atoms with van der Waals surface area (Å²) in [7, 11) is 0. The maximum atomic E-state index is 12.3. The molecule has 2 N–H and O–H groups in total. The van der Waals surface area contributed by atoms with Gasteiger partial charge in [0.2, 0.25) is 0 Å². The average Bonchev–Trinajstić information content (AvgIpc) is 2.49. The molecular formula is C15H15N2O5S-. The Labute approximate surface area is 135 Å². The number of aryl methyl sites for hydroxylation is 1. The molecule has 2 aromatic rings. The maximum Gasteiger partial charge on any atom is 0.269 e. The molecule has 7 nitrogen and oxygen atoms in total. The fourth-order valence-electron chi connectivity index (χ4n) is 1.89. The van der Waals surface area contributed by atoms with Crippen LogP contribution in [0.25, 0.3) is 0 Å². The molecule has 0 aliphatic heterocycles. The summed E-state index contributed by atoms with van der Waals surface area (Å²) in [5, 5.41) is 14.6. The van der Waals surface area contributed by atoms with Crippen molar-refractivity contribution in [3.63, 3.8) is 0 Å². The van der Waals surface area contributed by atoms with Crippen LogP contribution in [0.3, 0.4) is 0 Å². The number of nitro benzene ring substituents is 1. The first-order valence-electron chi connectivity index (χ1n) is 6.43. The number of carbonyl (C=O) groups excluding carboxylic acids is 1. The molecule has 2 aromatic carbocycles.